The molecule has 2 aliphatic heterocycles. The Morgan fingerprint density at radius 2 is 1.88 bits per heavy atom. The molecule has 1 aromatic rings. The van der Waals surface area contributed by atoms with Crippen LogP contribution < -0.4 is 5.32 Å². The molecule has 1 saturated heterocycles. The minimum absolute atomic E-state index is 0.235. The van der Waals surface area contributed by atoms with Crippen molar-refractivity contribution in [2.75, 3.05) is 39.8 Å². The molecule has 0 atom stereocenters. The summed E-state index contributed by atoms with van der Waals surface area (Å²) in [4.78, 5) is 20.1. The zero-order valence-electron chi connectivity index (χ0n) is 15.8. The van der Waals surface area contributed by atoms with E-state index in [1.807, 2.05) is 6.92 Å². The molecule has 9 heteroatoms. The fourth-order valence-corrected chi connectivity index (χ4v) is 3.48. The van der Waals surface area contributed by atoms with Crippen molar-refractivity contribution in [3.05, 3.63) is 11.6 Å². The molecule has 0 radical (unpaired) electrons. The number of nitrogens with zero attached hydrogens (tertiary/aromatic N) is 6. The first kappa shape index (κ1) is 18.5. The number of amides is 1. The second-order valence-corrected chi connectivity index (χ2v) is 6.57. The lowest BCUT2D eigenvalue weighted by Gasteiger charge is -2.35. The predicted octanol–water partition coefficient (Wildman–Crippen LogP) is 0.854. The summed E-state index contributed by atoms with van der Waals surface area (Å²) in [7, 11) is 1.78. The Labute approximate surface area is 154 Å². The number of hydrogen-bond acceptors (Lipinski definition) is 5. The lowest BCUT2D eigenvalue weighted by molar-refractivity contribution is 0.0914. The van der Waals surface area contributed by atoms with E-state index in [0.29, 0.717) is 26.2 Å². The minimum Gasteiger partial charge on any atom is -0.450 e. The number of fused-ring (bicyclic) bond motifs is 1. The van der Waals surface area contributed by atoms with Crippen LogP contribution in [0.25, 0.3) is 0 Å². The molecular formula is C17H29N7O2. The molecule has 1 N–H and O–H groups in total. The zero-order valence-corrected chi connectivity index (χ0v) is 15.8. The number of aryl methyl sites for hydroxylation is 1. The van der Waals surface area contributed by atoms with E-state index in [1.165, 1.54) is 19.3 Å². The van der Waals surface area contributed by atoms with Crippen LogP contribution in [0.4, 0.5) is 4.79 Å². The van der Waals surface area contributed by atoms with Gasteiger partial charge >= 0.3 is 6.09 Å². The number of nitrogens with one attached hydrogen (secondary N) is 1. The van der Waals surface area contributed by atoms with E-state index in [-0.39, 0.29) is 6.09 Å². The summed E-state index contributed by atoms with van der Waals surface area (Å²) in [5.74, 6) is 2.89. The van der Waals surface area contributed by atoms with Crippen molar-refractivity contribution in [1.82, 2.24) is 29.9 Å². The SMILES string of the molecule is CCOC(=O)N1CCN(C(=NC)NCc2nnc3n2CCCCC3)CC1. The molecule has 0 spiro atoms. The molecule has 3 heterocycles. The molecule has 0 aliphatic carbocycles. The number of aliphatic imine (C=N–C) groups is 1. The van der Waals surface area contributed by atoms with E-state index in [4.69, 9.17) is 4.74 Å². The highest BCUT2D eigenvalue weighted by atomic mass is 16.6. The van der Waals surface area contributed by atoms with Crippen molar-refractivity contribution in [2.24, 2.45) is 4.99 Å². The second-order valence-electron chi connectivity index (χ2n) is 6.57. The predicted molar refractivity (Wildman–Crippen MR) is 97.9 cm³/mol. The summed E-state index contributed by atoms with van der Waals surface area (Å²) >= 11 is 0. The number of rotatable bonds is 3. The monoisotopic (exact) mass is 363 g/mol. The average Bonchev–Trinajstić information content (AvgIpc) is 2.89. The topological polar surface area (TPSA) is 87.9 Å². The maximum absolute atomic E-state index is 11.8. The van der Waals surface area contributed by atoms with Crippen molar-refractivity contribution in [2.45, 2.75) is 45.7 Å². The van der Waals surface area contributed by atoms with Crippen LogP contribution in [-0.2, 0) is 24.2 Å². The lowest BCUT2D eigenvalue weighted by Crippen LogP contribution is -2.53. The number of carbonyl (C=O) groups is 1. The first-order valence-electron chi connectivity index (χ1n) is 9.51. The van der Waals surface area contributed by atoms with E-state index in [2.05, 4.69) is 30.0 Å². The summed E-state index contributed by atoms with van der Waals surface area (Å²) in [6.07, 6.45) is 4.40. The van der Waals surface area contributed by atoms with E-state index >= 15 is 0 Å². The number of aromatic nitrogens is 3. The molecule has 1 aromatic heterocycles. The minimum atomic E-state index is -0.235. The Bertz CT molecular complexity index is 635. The van der Waals surface area contributed by atoms with Crippen LogP contribution in [0.3, 0.4) is 0 Å². The van der Waals surface area contributed by atoms with Gasteiger partial charge in [-0.25, -0.2) is 4.79 Å². The van der Waals surface area contributed by atoms with Crippen molar-refractivity contribution in [3.63, 3.8) is 0 Å². The van der Waals surface area contributed by atoms with Gasteiger partial charge in [0.05, 0.1) is 13.2 Å². The first-order valence-corrected chi connectivity index (χ1v) is 9.51. The molecule has 1 fully saturated rings. The molecule has 0 bridgehead atoms. The summed E-state index contributed by atoms with van der Waals surface area (Å²) in [5, 5.41) is 12.1. The number of guanidine groups is 1. The van der Waals surface area contributed by atoms with Gasteiger partial charge in [0.25, 0.3) is 0 Å². The van der Waals surface area contributed by atoms with E-state index in [0.717, 1.165) is 43.7 Å². The van der Waals surface area contributed by atoms with Crippen molar-refractivity contribution >= 4 is 12.1 Å². The van der Waals surface area contributed by atoms with E-state index < -0.39 is 0 Å². The van der Waals surface area contributed by atoms with Gasteiger partial charge in [0.15, 0.2) is 11.8 Å². The van der Waals surface area contributed by atoms with E-state index in [1.54, 1.807) is 11.9 Å². The zero-order chi connectivity index (χ0) is 18.4. The van der Waals surface area contributed by atoms with Crippen molar-refractivity contribution < 1.29 is 9.53 Å². The van der Waals surface area contributed by atoms with Crippen LogP contribution in [0, 0.1) is 0 Å². The van der Waals surface area contributed by atoms with Gasteiger partial charge in [-0.05, 0) is 19.8 Å². The van der Waals surface area contributed by atoms with Crippen LogP contribution >= 0.6 is 0 Å². The highest BCUT2D eigenvalue weighted by Gasteiger charge is 2.24. The maximum atomic E-state index is 11.8. The quantitative estimate of drug-likeness (QED) is 0.633. The smallest absolute Gasteiger partial charge is 0.409 e. The van der Waals surface area contributed by atoms with Crippen LogP contribution in [-0.4, -0.2) is 76.5 Å². The summed E-state index contributed by atoms with van der Waals surface area (Å²) in [6, 6.07) is 0. The van der Waals surface area contributed by atoms with E-state index in [9.17, 15) is 4.79 Å². The van der Waals surface area contributed by atoms with Crippen LogP contribution in [0.1, 0.15) is 37.8 Å². The van der Waals surface area contributed by atoms with Crippen molar-refractivity contribution in [1.29, 1.82) is 0 Å². The molecule has 9 nitrogen and oxygen atoms in total. The largest absolute Gasteiger partial charge is 0.450 e. The number of piperazine rings is 1. The van der Waals surface area contributed by atoms with Gasteiger partial charge < -0.3 is 24.4 Å². The van der Waals surface area contributed by atoms with Crippen LogP contribution in [0.5, 0.6) is 0 Å². The third kappa shape index (κ3) is 4.25. The number of hydrogen-bond donors (Lipinski definition) is 1. The van der Waals surface area contributed by atoms with Gasteiger partial charge in [-0.15, -0.1) is 10.2 Å². The number of ether oxygens (including phenoxy) is 1. The molecule has 0 aromatic carbocycles. The normalized spacial score (nSPS) is 18.3. The van der Waals surface area contributed by atoms with Gasteiger partial charge in [0.1, 0.15) is 5.82 Å². The average molecular weight is 363 g/mol. The van der Waals surface area contributed by atoms with Gasteiger partial charge in [-0.2, -0.15) is 0 Å². The molecule has 3 rings (SSSR count). The third-order valence-corrected chi connectivity index (χ3v) is 4.91. The first-order chi connectivity index (χ1) is 12.7. The molecule has 2 aliphatic rings. The maximum Gasteiger partial charge on any atom is 0.409 e. The van der Waals surface area contributed by atoms with Gasteiger partial charge in [0.2, 0.25) is 0 Å². The summed E-state index contributed by atoms with van der Waals surface area (Å²) in [5.41, 5.74) is 0. The molecule has 26 heavy (non-hydrogen) atoms. The van der Waals surface area contributed by atoms with Gasteiger partial charge in [-0.1, -0.05) is 6.42 Å². The molecule has 0 saturated carbocycles. The van der Waals surface area contributed by atoms with Gasteiger partial charge in [-0.3, -0.25) is 4.99 Å². The Kier molecular flexibility index (Phi) is 6.30. The molecule has 1 amide bonds. The molecule has 144 valence electrons. The standard InChI is InChI=1S/C17H29N7O2/c1-3-26-17(25)23-11-9-22(10-12-23)16(18-2)19-13-15-21-20-14-7-5-4-6-8-24(14)15/h3-13H2,1-2H3,(H,18,19). The second kappa shape index (κ2) is 8.86. The molecular weight excluding hydrogens is 334 g/mol. The Morgan fingerprint density at radius 3 is 2.62 bits per heavy atom. The van der Waals surface area contributed by atoms with Gasteiger partial charge in [0, 0.05) is 46.2 Å². The molecule has 0 unspecified atom stereocenters. The highest BCUT2D eigenvalue weighted by molar-refractivity contribution is 5.80. The Balaban J connectivity index is 1.53. The van der Waals surface area contributed by atoms with Crippen molar-refractivity contribution in [3.8, 4) is 0 Å². The van der Waals surface area contributed by atoms with Crippen LogP contribution in [0.15, 0.2) is 4.99 Å². The lowest BCUT2D eigenvalue weighted by atomic mass is 10.2. The number of carbonyl (C=O) groups excluding carboxylic acids is 1. The Hall–Kier alpha value is -2.32. The van der Waals surface area contributed by atoms with Crippen LogP contribution in [0.2, 0.25) is 0 Å². The highest BCUT2D eigenvalue weighted by Crippen LogP contribution is 2.14. The third-order valence-electron chi connectivity index (χ3n) is 4.91. The fourth-order valence-electron chi connectivity index (χ4n) is 3.48. The summed E-state index contributed by atoms with van der Waals surface area (Å²) in [6.45, 7) is 6.58. The fraction of sp³-hybridized carbons (Fsp3) is 0.765. The Morgan fingerprint density at radius 1 is 1.12 bits per heavy atom. The summed E-state index contributed by atoms with van der Waals surface area (Å²) < 4.78 is 7.31.